The molecule has 0 aromatic carbocycles. The van der Waals surface area contributed by atoms with Gasteiger partial charge in [-0.15, -0.1) is 24.0 Å². The first-order valence-corrected chi connectivity index (χ1v) is 8.92. The van der Waals surface area contributed by atoms with Crippen LogP contribution >= 0.6 is 24.0 Å². The number of nitrogens with one attached hydrogen (secondary N) is 3. The van der Waals surface area contributed by atoms with E-state index in [1.54, 1.807) is 7.05 Å². The van der Waals surface area contributed by atoms with Crippen molar-refractivity contribution in [2.24, 2.45) is 4.99 Å². The van der Waals surface area contributed by atoms with Crippen LogP contribution in [0.4, 0.5) is 0 Å². The average molecular weight is 446 g/mol. The van der Waals surface area contributed by atoms with Crippen molar-refractivity contribution < 1.29 is 13.2 Å². The number of hydrogen-bond acceptors (Lipinski definition) is 4. The Balaban J connectivity index is 0.00000441. The summed E-state index contributed by atoms with van der Waals surface area (Å²) in [5.74, 6) is 0.715. The summed E-state index contributed by atoms with van der Waals surface area (Å²) < 4.78 is 22.6. The van der Waals surface area contributed by atoms with Gasteiger partial charge in [0.15, 0.2) is 15.8 Å². The Bertz CT molecular complexity index is 500. The lowest BCUT2D eigenvalue weighted by molar-refractivity contribution is -0.121. The second kappa shape index (κ2) is 8.90. The maximum Gasteiger partial charge on any atom is 0.222 e. The Morgan fingerprint density at radius 3 is 2.41 bits per heavy atom. The van der Waals surface area contributed by atoms with Gasteiger partial charge in [-0.25, -0.2) is 8.42 Å². The number of sulfone groups is 1. The molecule has 0 saturated carbocycles. The van der Waals surface area contributed by atoms with Crippen LogP contribution < -0.4 is 16.0 Å². The molecule has 7 nitrogen and oxygen atoms in total. The fourth-order valence-electron chi connectivity index (χ4n) is 2.04. The molecule has 0 aromatic heterocycles. The summed E-state index contributed by atoms with van der Waals surface area (Å²) in [6.07, 6.45) is 0.788. The van der Waals surface area contributed by atoms with E-state index in [4.69, 9.17) is 0 Å². The van der Waals surface area contributed by atoms with E-state index in [-0.39, 0.29) is 59.4 Å². The van der Waals surface area contributed by atoms with E-state index in [1.165, 1.54) is 0 Å². The van der Waals surface area contributed by atoms with Crippen molar-refractivity contribution in [1.82, 2.24) is 16.0 Å². The van der Waals surface area contributed by atoms with Crippen molar-refractivity contribution in [2.75, 3.05) is 25.1 Å². The van der Waals surface area contributed by atoms with Crippen molar-refractivity contribution in [3.8, 4) is 0 Å². The third kappa shape index (κ3) is 8.76. The zero-order valence-corrected chi connectivity index (χ0v) is 16.7. The molecule has 22 heavy (non-hydrogen) atoms. The maximum absolute atomic E-state index is 11.8. The van der Waals surface area contributed by atoms with Crippen LogP contribution in [0.15, 0.2) is 4.99 Å². The molecule has 0 aromatic rings. The first kappa shape index (κ1) is 21.4. The molecule has 1 fully saturated rings. The Labute approximate surface area is 150 Å². The third-order valence-corrected chi connectivity index (χ3v) is 4.73. The minimum atomic E-state index is -2.96. The summed E-state index contributed by atoms with van der Waals surface area (Å²) in [6, 6.07) is -0.241. The van der Waals surface area contributed by atoms with E-state index in [2.05, 4.69) is 20.9 Å². The lowest BCUT2D eigenvalue weighted by Crippen LogP contribution is -2.48. The number of halogens is 1. The Hall–Kier alpha value is -0.580. The van der Waals surface area contributed by atoms with E-state index >= 15 is 0 Å². The monoisotopic (exact) mass is 446 g/mol. The molecule has 1 aliphatic heterocycles. The molecule has 130 valence electrons. The first-order valence-electron chi connectivity index (χ1n) is 7.10. The molecule has 1 saturated heterocycles. The largest absolute Gasteiger partial charge is 0.356 e. The number of amides is 1. The number of guanidine groups is 1. The summed E-state index contributed by atoms with van der Waals surface area (Å²) in [4.78, 5) is 15.8. The number of aliphatic imine (C=N–C) groups is 1. The second-order valence-corrected chi connectivity index (χ2v) is 8.52. The van der Waals surface area contributed by atoms with Crippen molar-refractivity contribution in [3.63, 3.8) is 0 Å². The van der Waals surface area contributed by atoms with Gasteiger partial charge in [-0.2, -0.15) is 0 Å². The minimum absolute atomic E-state index is 0. The molecule has 0 bridgehead atoms. The van der Waals surface area contributed by atoms with Crippen LogP contribution in [0, 0.1) is 0 Å². The Kier molecular flexibility index (Phi) is 8.66. The van der Waals surface area contributed by atoms with Gasteiger partial charge in [0.2, 0.25) is 5.91 Å². The second-order valence-electron chi connectivity index (χ2n) is 6.29. The molecule has 1 atom stereocenters. The maximum atomic E-state index is 11.8. The number of carbonyl (C=O) groups excluding carboxylic acids is 1. The summed E-state index contributed by atoms with van der Waals surface area (Å²) in [7, 11) is -1.29. The molecule has 1 unspecified atom stereocenters. The van der Waals surface area contributed by atoms with Crippen LogP contribution in [-0.2, 0) is 14.6 Å². The minimum Gasteiger partial charge on any atom is -0.356 e. The van der Waals surface area contributed by atoms with Gasteiger partial charge in [0.05, 0.1) is 11.5 Å². The Morgan fingerprint density at radius 1 is 1.32 bits per heavy atom. The highest BCUT2D eigenvalue weighted by Crippen LogP contribution is 2.11. The van der Waals surface area contributed by atoms with Gasteiger partial charge in [-0.1, -0.05) is 0 Å². The van der Waals surface area contributed by atoms with E-state index in [0.717, 1.165) is 0 Å². The normalized spacial score (nSPS) is 20.9. The number of carbonyl (C=O) groups is 1. The van der Waals surface area contributed by atoms with Crippen molar-refractivity contribution in [3.05, 3.63) is 0 Å². The highest BCUT2D eigenvalue weighted by Gasteiger charge is 2.28. The van der Waals surface area contributed by atoms with E-state index in [0.29, 0.717) is 18.9 Å². The predicted molar refractivity (Wildman–Crippen MR) is 99.5 cm³/mol. The molecule has 9 heteroatoms. The molecular formula is C13H27IN4O3S. The lowest BCUT2D eigenvalue weighted by atomic mass is 10.1. The van der Waals surface area contributed by atoms with Gasteiger partial charge < -0.3 is 16.0 Å². The average Bonchev–Trinajstić information content (AvgIpc) is 2.65. The topological polar surface area (TPSA) is 99.7 Å². The molecule has 1 heterocycles. The van der Waals surface area contributed by atoms with E-state index < -0.39 is 9.84 Å². The van der Waals surface area contributed by atoms with Crippen LogP contribution in [0.1, 0.15) is 33.6 Å². The standard InChI is InChI=1S/C13H26N4O3S.HI/c1-13(2,3)17-12(14-4)15-7-5-11(18)16-10-6-8-21(19,20)9-10;/h10H,5-9H2,1-4H3,(H,16,18)(H2,14,15,17);1H. The summed E-state index contributed by atoms with van der Waals surface area (Å²) in [5, 5.41) is 9.01. The molecule has 0 aliphatic carbocycles. The molecule has 0 spiro atoms. The molecule has 1 rings (SSSR count). The Morgan fingerprint density at radius 2 is 1.95 bits per heavy atom. The van der Waals surface area contributed by atoms with Crippen LogP contribution in [-0.4, -0.2) is 57.0 Å². The molecular weight excluding hydrogens is 419 g/mol. The molecule has 1 aliphatic rings. The molecule has 1 amide bonds. The third-order valence-electron chi connectivity index (χ3n) is 2.96. The van der Waals surface area contributed by atoms with Crippen molar-refractivity contribution >= 4 is 45.7 Å². The van der Waals surface area contributed by atoms with E-state index in [1.807, 2.05) is 20.8 Å². The summed E-state index contributed by atoms with van der Waals surface area (Å²) in [5.41, 5.74) is -0.109. The zero-order valence-electron chi connectivity index (χ0n) is 13.6. The summed E-state index contributed by atoms with van der Waals surface area (Å²) >= 11 is 0. The summed E-state index contributed by atoms with van der Waals surface area (Å²) in [6.45, 7) is 6.51. The van der Waals surface area contributed by atoms with Crippen LogP contribution in [0.2, 0.25) is 0 Å². The zero-order chi connectivity index (χ0) is 16.1. The number of hydrogen-bond donors (Lipinski definition) is 3. The highest BCUT2D eigenvalue weighted by atomic mass is 127. The number of nitrogens with zero attached hydrogens (tertiary/aromatic N) is 1. The molecule has 0 radical (unpaired) electrons. The predicted octanol–water partition coefficient (Wildman–Crippen LogP) is 0.261. The van der Waals surface area contributed by atoms with Gasteiger partial charge in [-0.05, 0) is 27.2 Å². The van der Waals surface area contributed by atoms with Gasteiger partial charge in [-0.3, -0.25) is 9.79 Å². The van der Waals surface area contributed by atoms with Gasteiger partial charge in [0.25, 0.3) is 0 Å². The highest BCUT2D eigenvalue weighted by molar-refractivity contribution is 14.0. The van der Waals surface area contributed by atoms with E-state index in [9.17, 15) is 13.2 Å². The molecule has 3 N–H and O–H groups in total. The van der Waals surface area contributed by atoms with Crippen LogP contribution in [0.5, 0.6) is 0 Å². The number of rotatable bonds is 4. The fourth-order valence-corrected chi connectivity index (χ4v) is 3.71. The van der Waals surface area contributed by atoms with Crippen LogP contribution in [0.3, 0.4) is 0 Å². The smallest absolute Gasteiger partial charge is 0.222 e. The first-order chi connectivity index (χ1) is 9.61. The van der Waals surface area contributed by atoms with Gasteiger partial charge >= 0.3 is 0 Å². The van der Waals surface area contributed by atoms with Gasteiger partial charge in [0, 0.05) is 31.6 Å². The fraction of sp³-hybridized carbons (Fsp3) is 0.846. The van der Waals surface area contributed by atoms with Crippen molar-refractivity contribution in [2.45, 2.75) is 45.2 Å². The SMILES string of the molecule is CN=C(NCCC(=O)NC1CCS(=O)(=O)C1)NC(C)(C)C.I. The van der Waals surface area contributed by atoms with Gasteiger partial charge in [0.1, 0.15) is 0 Å². The van der Waals surface area contributed by atoms with Crippen LogP contribution in [0.25, 0.3) is 0 Å². The quantitative estimate of drug-likeness (QED) is 0.327. The van der Waals surface area contributed by atoms with Crippen molar-refractivity contribution in [1.29, 1.82) is 0 Å². The lowest BCUT2D eigenvalue weighted by Gasteiger charge is -2.23.